The lowest BCUT2D eigenvalue weighted by molar-refractivity contribution is 0.0402. The Morgan fingerprint density at radius 2 is 2.35 bits per heavy atom. The second-order valence-corrected chi connectivity index (χ2v) is 6.14. The fourth-order valence-corrected chi connectivity index (χ4v) is 3.25. The van der Waals surface area contributed by atoms with Crippen molar-refractivity contribution >= 4 is 15.9 Å². The van der Waals surface area contributed by atoms with Gasteiger partial charge in [-0.3, -0.25) is 0 Å². The molecule has 1 heterocycles. The maximum Gasteiger partial charge on any atom is 0.133 e. The molecule has 1 fully saturated rings. The lowest BCUT2D eigenvalue weighted by atomic mass is 9.89. The molecule has 0 spiro atoms. The zero-order chi connectivity index (χ0) is 14.4. The fraction of sp³-hybridized carbons (Fsp3) is 0.625. The van der Waals surface area contributed by atoms with Gasteiger partial charge in [0.05, 0.1) is 17.7 Å². The highest BCUT2D eigenvalue weighted by Crippen LogP contribution is 2.33. The summed E-state index contributed by atoms with van der Waals surface area (Å²) in [6.07, 6.45) is 3.39. The molecule has 112 valence electrons. The number of hydrogen-bond acceptors (Lipinski definition) is 3. The average molecular weight is 342 g/mol. The minimum Gasteiger partial charge on any atom is -0.492 e. The molecule has 2 rings (SSSR count). The zero-order valence-corrected chi connectivity index (χ0v) is 13.9. The van der Waals surface area contributed by atoms with Crippen molar-refractivity contribution in [3.05, 3.63) is 28.2 Å². The Kier molecular flexibility index (Phi) is 6.33. The van der Waals surface area contributed by atoms with Crippen LogP contribution in [-0.4, -0.2) is 26.9 Å². The van der Waals surface area contributed by atoms with Crippen molar-refractivity contribution in [1.82, 2.24) is 5.32 Å². The van der Waals surface area contributed by atoms with Crippen molar-refractivity contribution in [2.24, 2.45) is 5.92 Å². The topological polar surface area (TPSA) is 30.5 Å². The standard InChI is InChI=1S/C16H24BrNO2/c1-3-8-20-15-7-6-12(10-14(15)17)16(18-2)13-5-4-9-19-11-13/h6-7,10,13,16,18H,3-5,8-9,11H2,1-2H3. The van der Waals surface area contributed by atoms with E-state index in [1.807, 2.05) is 7.05 Å². The van der Waals surface area contributed by atoms with Gasteiger partial charge in [0.25, 0.3) is 0 Å². The number of hydrogen-bond donors (Lipinski definition) is 1. The van der Waals surface area contributed by atoms with Gasteiger partial charge in [-0.15, -0.1) is 0 Å². The maximum absolute atomic E-state index is 5.71. The largest absolute Gasteiger partial charge is 0.492 e. The quantitative estimate of drug-likeness (QED) is 0.850. The molecule has 0 amide bonds. The van der Waals surface area contributed by atoms with E-state index in [9.17, 15) is 0 Å². The van der Waals surface area contributed by atoms with Crippen molar-refractivity contribution in [2.45, 2.75) is 32.2 Å². The molecular formula is C16H24BrNO2. The normalized spacial score (nSPS) is 20.6. The van der Waals surface area contributed by atoms with E-state index >= 15 is 0 Å². The van der Waals surface area contributed by atoms with Gasteiger partial charge in [-0.2, -0.15) is 0 Å². The molecule has 1 aliphatic heterocycles. The lowest BCUT2D eigenvalue weighted by Crippen LogP contribution is -2.31. The summed E-state index contributed by atoms with van der Waals surface area (Å²) in [6.45, 7) is 4.61. The first kappa shape index (κ1) is 15.8. The Morgan fingerprint density at radius 1 is 1.50 bits per heavy atom. The molecule has 1 saturated heterocycles. The second-order valence-electron chi connectivity index (χ2n) is 5.28. The smallest absolute Gasteiger partial charge is 0.133 e. The average Bonchev–Trinajstić information content (AvgIpc) is 2.48. The van der Waals surface area contributed by atoms with E-state index in [1.165, 1.54) is 12.0 Å². The Labute approximate surface area is 130 Å². The Hall–Kier alpha value is -0.580. The first-order valence-corrected chi connectivity index (χ1v) is 8.22. The molecule has 2 unspecified atom stereocenters. The molecule has 3 nitrogen and oxygen atoms in total. The van der Waals surface area contributed by atoms with E-state index < -0.39 is 0 Å². The van der Waals surface area contributed by atoms with Crippen molar-refractivity contribution in [3.63, 3.8) is 0 Å². The zero-order valence-electron chi connectivity index (χ0n) is 12.3. The van der Waals surface area contributed by atoms with Gasteiger partial charge in [-0.25, -0.2) is 0 Å². The Balaban J connectivity index is 2.11. The van der Waals surface area contributed by atoms with Gasteiger partial charge < -0.3 is 14.8 Å². The van der Waals surface area contributed by atoms with Crippen LogP contribution in [0.1, 0.15) is 37.8 Å². The van der Waals surface area contributed by atoms with Crippen molar-refractivity contribution in [2.75, 3.05) is 26.9 Å². The molecule has 1 N–H and O–H groups in total. The molecule has 0 saturated carbocycles. The van der Waals surface area contributed by atoms with Crippen molar-refractivity contribution < 1.29 is 9.47 Å². The summed E-state index contributed by atoms with van der Waals surface area (Å²) in [5.41, 5.74) is 1.29. The summed E-state index contributed by atoms with van der Waals surface area (Å²) in [7, 11) is 2.02. The number of rotatable bonds is 6. The summed E-state index contributed by atoms with van der Waals surface area (Å²) < 4.78 is 12.4. The summed E-state index contributed by atoms with van der Waals surface area (Å²) in [5, 5.41) is 3.44. The minimum atomic E-state index is 0.340. The van der Waals surface area contributed by atoms with Gasteiger partial charge in [0.1, 0.15) is 5.75 Å². The minimum absolute atomic E-state index is 0.340. The van der Waals surface area contributed by atoms with Gasteiger partial charge in [-0.1, -0.05) is 13.0 Å². The molecule has 0 bridgehead atoms. The van der Waals surface area contributed by atoms with Gasteiger partial charge in [0, 0.05) is 18.6 Å². The number of ether oxygens (including phenoxy) is 2. The van der Waals surface area contributed by atoms with Crippen LogP contribution in [0.4, 0.5) is 0 Å². The predicted molar refractivity (Wildman–Crippen MR) is 85.3 cm³/mol. The van der Waals surface area contributed by atoms with Crippen molar-refractivity contribution in [3.8, 4) is 5.75 Å². The first-order chi connectivity index (χ1) is 9.76. The van der Waals surface area contributed by atoms with Crippen LogP contribution in [0.3, 0.4) is 0 Å². The molecule has 1 aromatic rings. The van der Waals surface area contributed by atoms with E-state index in [4.69, 9.17) is 9.47 Å². The highest BCUT2D eigenvalue weighted by atomic mass is 79.9. The highest BCUT2D eigenvalue weighted by Gasteiger charge is 2.24. The molecule has 0 aliphatic carbocycles. The van der Waals surface area contributed by atoms with Crippen LogP contribution >= 0.6 is 15.9 Å². The van der Waals surface area contributed by atoms with Gasteiger partial charge in [-0.05, 0) is 59.9 Å². The molecule has 0 aromatic heterocycles. The van der Waals surface area contributed by atoms with Crippen LogP contribution in [0.2, 0.25) is 0 Å². The highest BCUT2D eigenvalue weighted by molar-refractivity contribution is 9.10. The Morgan fingerprint density at radius 3 is 2.95 bits per heavy atom. The van der Waals surface area contributed by atoms with Crippen LogP contribution in [0.25, 0.3) is 0 Å². The summed E-state index contributed by atoms with van der Waals surface area (Å²) in [6, 6.07) is 6.72. The summed E-state index contributed by atoms with van der Waals surface area (Å²) in [4.78, 5) is 0. The van der Waals surface area contributed by atoms with Crippen LogP contribution in [0.15, 0.2) is 22.7 Å². The van der Waals surface area contributed by atoms with E-state index in [1.54, 1.807) is 0 Å². The number of nitrogens with one attached hydrogen (secondary N) is 1. The monoisotopic (exact) mass is 341 g/mol. The third kappa shape index (κ3) is 3.96. The van der Waals surface area contributed by atoms with Gasteiger partial charge in [0.2, 0.25) is 0 Å². The first-order valence-electron chi connectivity index (χ1n) is 7.43. The predicted octanol–water partition coefficient (Wildman–Crippen LogP) is 3.93. The van der Waals surface area contributed by atoms with E-state index in [-0.39, 0.29) is 0 Å². The third-order valence-electron chi connectivity index (χ3n) is 3.75. The molecule has 0 radical (unpaired) electrons. The second kappa shape index (κ2) is 8.01. The summed E-state index contributed by atoms with van der Waals surface area (Å²) >= 11 is 3.61. The summed E-state index contributed by atoms with van der Waals surface area (Å²) in [5.74, 6) is 1.47. The third-order valence-corrected chi connectivity index (χ3v) is 4.37. The molecular weight excluding hydrogens is 318 g/mol. The van der Waals surface area contributed by atoms with Crippen LogP contribution in [0, 0.1) is 5.92 Å². The fourth-order valence-electron chi connectivity index (χ4n) is 2.74. The van der Waals surface area contributed by atoms with Gasteiger partial charge >= 0.3 is 0 Å². The molecule has 1 aliphatic rings. The van der Waals surface area contributed by atoms with Crippen LogP contribution in [-0.2, 0) is 4.74 Å². The Bertz CT molecular complexity index is 419. The number of benzene rings is 1. The molecule has 2 atom stereocenters. The molecule has 1 aromatic carbocycles. The molecule has 20 heavy (non-hydrogen) atoms. The number of halogens is 1. The molecule has 4 heteroatoms. The van der Waals surface area contributed by atoms with E-state index in [0.29, 0.717) is 12.0 Å². The van der Waals surface area contributed by atoms with Crippen LogP contribution in [0.5, 0.6) is 5.75 Å². The van der Waals surface area contributed by atoms with Crippen LogP contribution < -0.4 is 10.1 Å². The van der Waals surface area contributed by atoms with E-state index in [0.717, 1.165) is 42.9 Å². The lowest BCUT2D eigenvalue weighted by Gasteiger charge is -2.30. The SMILES string of the molecule is CCCOc1ccc(C(NC)C2CCCOC2)cc1Br. The van der Waals surface area contributed by atoms with E-state index in [2.05, 4.69) is 46.4 Å². The van der Waals surface area contributed by atoms with Crippen molar-refractivity contribution in [1.29, 1.82) is 0 Å². The van der Waals surface area contributed by atoms with Gasteiger partial charge in [0.15, 0.2) is 0 Å². The maximum atomic E-state index is 5.71.